The molecule has 0 amide bonds. The number of rotatable bonds is 15. The molecule has 25 heteroatoms. The molecule has 3 unspecified atom stereocenters. The Kier molecular flexibility index (Phi) is 29.6. The van der Waals surface area contributed by atoms with Gasteiger partial charge in [-0.3, -0.25) is 24.1 Å². The van der Waals surface area contributed by atoms with Crippen molar-refractivity contribution in [1.82, 2.24) is 29.9 Å². The smallest absolute Gasteiger partial charge is 0.387 e. The molecular formula is C52H35F4N6O10P2S2Y-. The Morgan fingerprint density at radius 3 is 1.61 bits per heavy atom. The standard InChI is InChI=1S/C20H7P2.C16H15F2N3O4S.C15H13F2N3O4S.CO2.Y/c1-6-11-15-20(21(16-10-5)17-12-7-2)22(18-13-8-3)19-14-9-4;1-23-13-5-6-19-12(14(13)24-2)8-26(22)16-20-10-4-3-9(25-15(17)18)7-11(10)21-16;1-23-13-11(18-5-4-12(13)21)7-25(22)15-19-9-3-2-8(24-14(16)17)6-10(9)20-15;2-1-3;/h1-4H,5H3;3-7,15H,8H2,1-2H3,(H,20,21);2-6,14H,7H2,1H3,(H,18,21)(H,19,20);;/q-1;;;;/i;1+1;;1+1;. The molecule has 4 heterocycles. The summed E-state index contributed by atoms with van der Waals surface area (Å²) in [4.78, 5) is 49.1. The van der Waals surface area contributed by atoms with Gasteiger partial charge in [0.1, 0.15) is 11.5 Å². The Morgan fingerprint density at radius 1 is 0.688 bits per heavy atom. The van der Waals surface area contributed by atoms with E-state index in [4.69, 9.17) is 49.5 Å². The predicted octanol–water partition coefficient (Wildman–Crippen LogP) is 7.31. The van der Waals surface area contributed by atoms with Crippen molar-refractivity contribution >= 4 is 65.7 Å². The first-order chi connectivity index (χ1) is 36.6. The summed E-state index contributed by atoms with van der Waals surface area (Å²) in [6, 6.07) is 11.4. The molecule has 387 valence electrons. The van der Waals surface area contributed by atoms with Gasteiger partial charge < -0.3 is 38.6 Å². The van der Waals surface area contributed by atoms with Crippen LogP contribution >= 0.6 is 15.8 Å². The first-order valence-electron chi connectivity index (χ1n) is 20.4. The third kappa shape index (κ3) is 20.8. The van der Waals surface area contributed by atoms with E-state index in [1.165, 1.54) is 76.2 Å². The number of hydrogen-bond donors (Lipinski definition) is 3. The predicted molar refractivity (Wildman–Crippen MR) is 279 cm³/mol. The Labute approximate surface area is 471 Å². The fraction of sp³-hybridized carbons (Fsp3) is 0.154. The van der Waals surface area contributed by atoms with E-state index in [-0.39, 0.29) is 83.4 Å². The fourth-order valence-corrected chi connectivity index (χ4v) is 10.7. The summed E-state index contributed by atoms with van der Waals surface area (Å²) in [5.74, 6) is 25.7. The second-order valence-corrected chi connectivity index (χ2v) is 19.2. The van der Waals surface area contributed by atoms with E-state index in [2.05, 4.69) is 121 Å². The van der Waals surface area contributed by atoms with E-state index >= 15 is 0 Å². The molecule has 6 rings (SSSR count). The van der Waals surface area contributed by atoms with Crippen molar-refractivity contribution in [3.8, 4) is 136 Å². The number of alkyl halides is 4. The average Bonchev–Trinajstić information content (AvgIpc) is 4.03. The monoisotopic (exact) mass is 1200 g/mol. The second-order valence-electron chi connectivity index (χ2n) is 13.0. The summed E-state index contributed by atoms with van der Waals surface area (Å²) in [6.07, 6.45) is 23.9. The van der Waals surface area contributed by atoms with Gasteiger partial charge in [-0.05, 0) is 66.7 Å². The molecule has 1 radical (unpaired) electrons. The molecule has 0 saturated heterocycles. The van der Waals surface area contributed by atoms with E-state index in [9.17, 15) is 30.8 Å². The van der Waals surface area contributed by atoms with Crippen molar-refractivity contribution < 1.29 is 92.0 Å². The van der Waals surface area contributed by atoms with Gasteiger partial charge in [0.05, 0.1) is 87.9 Å². The van der Waals surface area contributed by atoms with Gasteiger partial charge in [0.25, 0.3) is 0 Å². The quantitative estimate of drug-likeness (QED) is 0.0303. The van der Waals surface area contributed by atoms with Crippen LogP contribution in [0.15, 0.2) is 76.0 Å². The van der Waals surface area contributed by atoms with Crippen LogP contribution in [0.1, 0.15) is 18.3 Å². The van der Waals surface area contributed by atoms with Gasteiger partial charge >= 0.3 is 19.4 Å². The van der Waals surface area contributed by atoms with Crippen LogP contribution in [0.4, 0.5) is 17.6 Å². The fourth-order valence-electron chi connectivity index (χ4n) is 5.63. The van der Waals surface area contributed by atoms with E-state index < -0.39 is 50.7 Å². The largest absolute Gasteiger partial charge is 0.493 e. The number of aromatic amines is 3. The van der Waals surface area contributed by atoms with Crippen molar-refractivity contribution in [2.75, 3.05) is 21.3 Å². The molecule has 0 aliphatic carbocycles. The van der Waals surface area contributed by atoms with Gasteiger partial charge in [-0.1, -0.05) is 28.0 Å². The SMILES string of the molecule is C#CC#C[C-](P(C#CC)C#CC#C)P(C#CC#C)C#CC#C.COc1c(CS(=O)c2nc3ccc(OC(F)F)cc3[nH]2)[nH]ccc1=O.COc1c(O[13CH3])ccnc1CS(=O)c1nc2ccc(OC(F)F)cc2[nH]1.O=[13C]=O.[Y]. The summed E-state index contributed by atoms with van der Waals surface area (Å²) in [5, 5.41) is 0.974. The number of pyridine rings is 2. The summed E-state index contributed by atoms with van der Waals surface area (Å²) < 4.78 is 98.5. The van der Waals surface area contributed by atoms with Gasteiger partial charge in [-0.25, -0.2) is 15.9 Å². The minimum Gasteiger partial charge on any atom is -0.493 e. The van der Waals surface area contributed by atoms with Gasteiger partial charge in [0.15, 0.2) is 27.6 Å². The number of fused-ring (bicyclic) bond motifs is 2. The minimum absolute atomic E-state index is 0. The molecular weight excluding hydrogens is 1160 g/mol. The molecule has 0 bridgehead atoms. The van der Waals surface area contributed by atoms with Crippen LogP contribution in [0.25, 0.3) is 22.1 Å². The number of methoxy groups -OCH3 is 3. The number of hydrogen-bond acceptors (Lipinski definition) is 13. The number of benzene rings is 2. The van der Waals surface area contributed by atoms with Gasteiger partial charge in [0, 0.05) is 85.2 Å². The number of carbonyl (C=O) groups excluding carboxylic acids is 2. The molecule has 2 aromatic carbocycles. The number of nitrogens with one attached hydrogen (secondary N) is 3. The number of nitrogens with zero attached hydrogens (tertiary/aromatic N) is 3. The van der Waals surface area contributed by atoms with Crippen LogP contribution in [0, 0.1) is 113 Å². The molecule has 3 N–H and O–H groups in total. The van der Waals surface area contributed by atoms with E-state index in [0.717, 1.165) is 0 Å². The Morgan fingerprint density at radius 2 is 1.17 bits per heavy atom. The molecule has 3 atom stereocenters. The molecule has 4 aromatic heterocycles. The van der Waals surface area contributed by atoms with Crippen LogP contribution in [0.2, 0.25) is 0 Å². The maximum atomic E-state index is 12.6. The molecule has 0 fully saturated rings. The Hall–Kier alpha value is -8.25. The first kappa shape index (κ1) is 64.9. The summed E-state index contributed by atoms with van der Waals surface area (Å²) in [6.45, 7) is -4.16. The second kappa shape index (κ2) is 35.1. The number of halogens is 4. The minimum atomic E-state index is -2.93. The molecule has 0 spiro atoms. The van der Waals surface area contributed by atoms with Gasteiger partial charge in [0.2, 0.25) is 5.43 Å². The average molecular weight is 1200 g/mol. The number of H-pyrrole nitrogens is 3. The zero-order valence-corrected chi connectivity index (χ0v) is 46.6. The normalized spacial score (nSPS) is 10.4. The van der Waals surface area contributed by atoms with Gasteiger partial charge in [-0.2, -0.15) is 27.2 Å². The van der Waals surface area contributed by atoms with Crippen LogP contribution in [-0.2, 0) is 75.4 Å². The van der Waals surface area contributed by atoms with Crippen LogP contribution < -0.4 is 29.1 Å². The van der Waals surface area contributed by atoms with E-state index in [0.29, 0.717) is 50.4 Å². The summed E-state index contributed by atoms with van der Waals surface area (Å²) in [5.41, 5.74) is 13.9. The third-order valence-electron chi connectivity index (χ3n) is 8.46. The van der Waals surface area contributed by atoms with Crippen molar-refractivity contribution in [1.29, 1.82) is 0 Å². The maximum Gasteiger partial charge on any atom is 0.387 e. The Balaban J connectivity index is 0.000000384. The van der Waals surface area contributed by atoms with Crippen molar-refractivity contribution in [2.45, 2.75) is 42.0 Å². The molecule has 16 nitrogen and oxygen atoms in total. The molecule has 0 aliphatic rings. The third-order valence-corrected chi connectivity index (χ3v) is 14.5. The van der Waals surface area contributed by atoms with Crippen LogP contribution in [-0.4, -0.2) is 79.0 Å². The number of aromatic nitrogens is 6. The first-order valence-corrected chi connectivity index (χ1v) is 25.7. The van der Waals surface area contributed by atoms with Crippen LogP contribution in [0.5, 0.6) is 28.7 Å². The number of imidazole rings is 2. The van der Waals surface area contributed by atoms with Gasteiger partial charge in [-0.15, -0.1) is 37.5 Å². The number of terminal acetylenes is 4. The molecule has 0 aliphatic heterocycles. The van der Waals surface area contributed by atoms with Crippen molar-refractivity contribution in [2.24, 2.45) is 0 Å². The van der Waals surface area contributed by atoms with Crippen molar-refractivity contribution in [3.05, 3.63) is 87.9 Å². The van der Waals surface area contributed by atoms with E-state index in [1.54, 1.807) is 13.0 Å². The van der Waals surface area contributed by atoms with E-state index in [1.807, 2.05) is 0 Å². The maximum absolute atomic E-state index is 12.6. The zero-order valence-electron chi connectivity index (χ0n) is 40.4. The topological polar surface area (TPSA) is 218 Å². The Bertz CT molecular complexity index is 3660. The number of ether oxygens (including phenoxy) is 5. The molecule has 77 heavy (non-hydrogen) atoms. The van der Waals surface area contributed by atoms with Crippen LogP contribution in [0.3, 0.4) is 0 Å². The zero-order chi connectivity index (χ0) is 56.0. The molecule has 0 saturated carbocycles. The molecule has 6 aromatic rings. The van der Waals surface area contributed by atoms with Crippen molar-refractivity contribution in [3.63, 3.8) is 0 Å². The summed E-state index contributed by atoms with van der Waals surface area (Å²) >= 11 is 0. The summed E-state index contributed by atoms with van der Waals surface area (Å²) in [7, 11) is -1.42.